The smallest absolute Gasteiger partial charge is 0.249 e. The van der Waals surface area contributed by atoms with Gasteiger partial charge in [0.1, 0.15) is 11.9 Å². The van der Waals surface area contributed by atoms with Crippen molar-refractivity contribution in [2.75, 3.05) is 49.9 Å². The number of hydrogen-bond donors (Lipinski definition) is 3. The van der Waals surface area contributed by atoms with Gasteiger partial charge in [-0.1, -0.05) is 6.92 Å². The lowest BCUT2D eigenvalue weighted by molar-refractivity contribution is -0.133. The molecule has 29 heavy (non-hydrogen) atoms. The van der Waals surface area contributed by atoms with E-state index in [9.17, 15) is 18.8 Å². The second-order valence-corrected chi connectivity index (χ2v) is 7.54. The summed E-state index contributed by atoms with van der Waals surface area (Å²) in [5.74, 6) is -1.47. The predicted octanol–water partition coefficient (Wildman–Crippen LogP) is 1.01. The number of nitrogens with one attached hydrogen (secondary N) is 3. The van der Waals surface area contributed by atoms with E-state index in [1.165, 1.54) is 12.1 Å². The van der Waals surface area contributed by atoms with Crippen LogP contribution >= 0.6 is 0 Å². The van der Waals surface area contributed by atoms with E-state index >= 15 is 0 Å². The molecule has 0 bridgehead atoms. The zero-order valence-electron chi connectivity index (χ0n) is 16.7. The van der Waals surface area contributed by atoms with Crippen molar-refractivity contribution < 1.29 is 18.8 Å². The van der Waals surface area contributed by atoms with Gasteiger partial charge in [-0.05, 0) is 37.6 Å². The first-order valence-electron chi connectivity index (χ1n) is 10.1. The quantitative estimate of drug-likeness (QED) is 0.587. The largest absolute Gasteiger partial charge is 0.374 e. The minimum absolute atomic E-state index is 0.202. The Kier molecular flexibility index (Phi) is 7.16. The van der Waals surface area contributed by atoms with Crippen LogP contribution in [-0.2, 0) is 14.4 Å². The second kappa shape index (κ2) is 9.80. The molecule has 3 amide bonds. The fourth-order valence-corrected chi connectivity index (χ4v) is 3.67. The van der Waals surface area contributed by atoms with Crippen molar-refractivity contribution in [3.05, 3.63) is 24.0 Å². The van der Waals surface area contributed by atoms with Gasteiger partial charge in [-0.25, -0.2) is 4.39 Å². The topological polar surface area (TPSA) is 93.8 Å². The number of imide groups is 1. The van der Waals surface area contributed by atoms with E-state index in [0.717, 1.165) is 39.1 Å². The van der Waals surface area contributed by atoms with Gasteiger partial charge in [0.15, 0.2) is 0 Å². The van der Waals surface area contributed by atoms with Crippen LogP contribution in [0, 0.1) is 5.82 Å². The molecule has 0 aliphatic carbocycles. The van der Waals surface area contributed by atoms with Gasteiger partial charge in [-0.15, -0.1) is 0 Å². The maximum Gasteiger partial charge on any atom is 0.249 e. The lowest BCUT2D eigenvalue weighted by Crippen LogP contribution is -2.48. The molecule has 1 atom stereocenters. The van der Waals surface area contributed by atoms with Crippen molar-refractivity contribution in [1.82, 2.24) is 15.1 Å². The van der Waals surface area contributed by atoms with Gasteiger partial charge in [0.25, 0.3) is 0 Å². The molecule has 0 saturated carbocycles. The molecule has 3 rings (SSSR count). The van der Waals surface area contributed by atoms with Crippen LogP contribution in [0.25, 0.3) is 0 Å². The molecule has 2 aliphatic heterocycles. The summed E-state index contributed by atoms with van der Waals surface area (Å²) in [7, 11) is 0. The van der Waals surface area contributed by atoms with E-state index in [-0.39, 0.29) is 24.8 Å². The summed E-state index contributed by atoms with van der Waals surface area (Å²) in [4.78, 5) is 40.0. The first-order chi connectivity index (χ1) is 13.9. The number of hydrogen-bond acceptors (Lipinski definition) is 6. The molecule has 1 aromatic carbocycles. The Hall–Kier alpha value is -2.52. The Bertz CT molecular complexity index is 764. The minimum Gasteiger partial charge on any atom is -0.374 e. The standard InChI is InChI=1S/C20H28FN5O3/c1-2-5-25-6-8-26(9-7-25)13-19(28)23-16-11-14(21)10-15(12-16)22-17-3-4-18(27)24-20(17)29/h10-12,17,22H,2-9,13H2,1H3,(H,23,28)(H,24,27,29). The first-order valence-corrected chi connectivity index (χ1v) is 10.1. The van der Waals surface area contributed by atoms with E-state index < -0.39 is 17.8 Å². The third-order valence-corrected chi connectivity index (χ3v) is 5.13. The molecule has 0 radical (unpaired) electrons. The van der Waals surface area contributed by atoms with Gasteiger partial charge >= 0.3 is 0 Å². The summed E-state index contributed by atoms with van der Waals surface area (Å²) >= 11 is 0. The number of piperidine rings is 1. The molecule has 9 heteroatoms. The van der Waals surface area contributed by atoms with Crippen LogP contribution in [0.5, 0.6) is 0 Å². The number of rotatable bonds is 7. The van der Waals surface area contributed by atoms with E-state index in [1.54, 1.807) is 6.07 Å². The summed E-state index contributed by atoms with van der Waals surface area (Å²) < 4.78 is 14.0. The van der Waals surface area contributed by atoms with Crippen molar-refractivity contribution >= 4 is 29.1 Å². The van der Waals surface area contributed by atoms with Crippen LogP contribution in [0.3, 0.4) is 0 Å². The fourth-order valence-electron chi connectivity index (χ4n) is 3.67. The van der Waals surface area contributed by atoms with Crippen LogP contribution in [0.2, 0.25) is 0 Å². The van der Waals surface area contributed by atoms with Crippen molar-refractivity contribution in [2.45, 2.75) is 32.2 Å². The molecule has 1 aromatic rings. The lowest BCUT2D eigenvalue weighted by Gasteiger charge is -2.34. The molecule has 0 spiro atoms. The number of amides is 3. The molecule has 158 valence electrons. The van der Waals surface area contributed by atoms with Gasteiger partial charge in [-0.3, -0.25) is 24.6 Å². The minimum atomic E-state index is -0.613. The van der Waals surface area contributed by atoms with Crippen LogP contribution < -0.4 is 16.0 Å². The highest BCUT2D eigenvalue weighted by Crippen LogP contribution is 2.21. The van der Waals surface area contributed by atoms with E-state index in [0.29, 0.717) is 17.8 Å². The lowest BCUT2D eigenvalue weighted by atomic mass is 10.1. The number of benzene rings is 1. The van der Waals surface area contributed by atoms with Crippen LogP contribution in [-0.4, -0.2) is 72.8 Å². The van der Waals surface area contributed by atoms with E-state index in [2.05, 4.69) is 32.7 Å². The Morgan fingerprint density at radius 3 is 2.52 bits per heavy atom. The Morgan fingerprint density at radius 1 is 1.14 bits per heavy atom. The number of anilines is 2. The highest BCUT2D eigenvalue weighted by molar-refractivity contribution is 6.01. The molecular weight excluding hydrogens is 377 g/mol. The summed E-state index contributed by atoms with van der Waals surface area (Å²) in [5.41, 5.74) is 0.706. The van der Waals surface area contributed by atoms with Crippen LogP contribution in [0.1, 0.15) is 26.2 Å². The molecule has 2 fully saturated rings. The average molecular weight is 405 g/mol. The predicted molar refractivity (Wildman–Crippen MR) is 108 cm³/mol. The van der Waals surface area contributed by atoms with Crippen molar-refractivity contribution in [1.29, 1.82) is 0 Å². The molecular formula is C20H28FN5O3. The van der Waals surface area contributed by atoms with Gasteiger partial charge in [0.2, 0.25) is 17.7 Å². The van der Waals surface area contributed by atoms with Gasteiger partial charge in [0.05, 0.1) is 6.54 Å². The van der Waals surface area contributed by atoms with E-state index in [4.69, 9.17) is 0 Å². The average Bonchev–Trinajstić information content (AvgIpc) is 2.65. The highest BCUT2D eigenvalue weighted by Gasteiger charge is 2.26. The van der Waals surface area contributed by atoms with Gasteiger partial charge in [-0.2, -0.15) is 0 Å². The van der Waals surface area contributed by atoms with Crippen molar-refractivity contribution in [3.63, 3.8) is 0 Å². The Morgan fingerprint density at radius 2 is 1.83 bits per heavy atom. The number of carbonyl (C=O) groups is 3. The monoisotopic (exact) mass is 405 g/mol. The zero-order valence-corrected chi connectivity index (χ0v) is 16.7. The SMILES string of the molecule is CCCN1CCN(CC(=O)Nc2cc(F)cc(NC3CCC(=O)NC3=O)c2)CC1. The van der Waals surface area contributed by atoms with Gasteiger partial charge < -0.3 is 15.5 Å². The molecule has 0 aromatic heterocycles. The normalized spacial score (nSPS) is 21.0. The maximum absolute atomic E-state index is 14.0. The fraction of sp³-hybridized carbons (Fsp3) is 0.550. The summed E-state index contributed by atoms with van der Waals surface area (Å²) in [5, 5.41) is 7.92. The zero-order chi connectivity index (χ0) is 20.8. The third-order valence-electron chi connectivity index (χ3n) is 5.13. The Balaban J connectivity index is 1.53. The molecule has 1 unspecified atom stereocenters. The second-order valence-electron chi connectivity index (χ2n) is 7.54. The molecule has 8 nitrogen and oxygen atoms in total. The molecule has 3 N–H and O–H groups in total. The number of halogens is 1. The first kappa shape index (κ1) is 21.2. The number of nitrogens with zero attached hydrogens (tertiary/aromatic N) is 2. The maximum atomic E-state index is 14.0. The molecule has 2 heterocycles. The van der Waals surface area contributed by atoms with Crippen molar-refractivity contribution in [3.8, 4) is 0 Å². The molecule has 2 aliphatic rings. The summed E-state index contributed by atoms with van der Waals surface area (Å²) in [6, 6.07) is 3.47. The number of carbonyl (C=O) groups excluding carboxylic acids is 3. The number of piperazine rings is 1. The Labute approximate surface area is 169 Å². The van der Waals surface area contributed by atoms with Gasteiger partial charge in [0, 0.05) is 44.0 Å². The van der Waals surface area contributed by atoms with Crippen molar-refractivity contribution in [2.24, 2.45) is 0 Å². The molecule has 2 saturated heterocycles. The van der Waals surface area contributed by atoms with E-state index in [1.807, 2.05) is 0 Å². The third kappa shape index (κ3) is 6.23. The summed E-state index contributed by atoms with van der Waals surface area (Å²) in [6.45, 7) is 7.04. The van der Waals surface area contributed by atoms with Crippen LogP contribution in [0.4, 0.5) is 15.8 Å². The summed E-state index contributed by atoms with van der Waals surface area (Å²) in [6.07, 6.45) is 1.69. The highest BCUT2D eigenvalue weighted by atomic mass is 19.1. The van der Waals surface area contributed by atoms with Crippen LogP contribution in [0.15, 0.2) is 18.2 Å².